The molecule has 0 aliphatic carbocycles. The van der Waals surface area contributed by atoms with E-state index in [1.54, 1.807) is 7.11 Å². The van der Waals surface area contributed by atoms with Gasteiger partial charge in [-0.1, -0.05) is 37.6 Å². The van der Waals surface area contributed by atoms with Crippen LogP contribution in [0.2, 0.25) is 0 Å². The van der Waals surface area contributed by atoms with Crippen LogP contribution in [0.25, 0.3) is 0 Å². The third-order valence-corrected chi connectivity index (χ3v) is 2.77. The number of ether oxygens (including phenoxy) is 1. The molecule has 0 aliphatic heterocycles. The summed E-state index contributed by atoms with van der Waals surface area (Å²) in [6, 6.07) is 5.88. The quantitative estimate of drug-likeness (QED) is 0.729. The van der Waals surface area contributed by atoms with Gasteiger partial charge in [0.25, 0.3) is 0 Å². The zero-order valence-corrected chi connectivity index (χ0v) is 10.7. The molecular weight excluding hydrogens is 200 g/mol. The van der Waals surface area contributed by atoms with Gasteiger partial charge >= 0.3 is 0 Å². The molecule has 0 fully saturated rings. The number of hydrogen-bond donors (Lipinski definition) is 0. The van der Waals surface area contributed by atoms with E-state index in [1.165, 1.54) is 5.56 Å². The van der Waals surface area contributed by atoms with Gasteiger partial charge in [-0.2, -0.15) is 0 Å². The Balaban J connectivity index is 3.04. The molecule has 1 aromatic carbocycles. The smallest absolute Gasteiger partial charge is 0.192 e. The van der Waals surface area contributed by atoms with Gasteiger partial charge < -0.3 is 4.74 Å². The van der Waals surface area contributed by atoms with Gasteiger partial charge in [0.2, 0.25) is 0 Å². The second-order valence-electron chi connectivity index (χ2n) is 4.58. The summed E-state index contributed by atoms with van der Waals surface area (Å²) in [7, 11) is 1.59. The lowest BCUT2D eigenvalue weighted by Crippen LogP contribution is -2.29. The number of Topliss-reactive ketones (excluding diaryl/α,β-unsaturated/α-hetero) is 1. The third-order valence-electron chi connectivity index (χ3n) is 2.77. The molecule has 0 aliphatic rings. The Bertz CT molecular complexity index is 380. The maximum absolute atomic E-state index is 12.2. The average molecular weight is 220 g/mol. The molecule has 1 atom stereocenters. The van der Waals surface area contributed by atoms with Crippen molar-refractivity contribution in [2.75, 3.05) is 7.11 Å². The van der Waals surface area contributed by atoms with Crippen LogP contribution in [0.3, 0.4) is 0 Å². The summed E-state index contributed by atoms with van der Waals surface area (Å²) in [4.78, 5) is 12.2. The maximum Gasteiger partial charge on any atom is 0.192 e. The topological polar surface area (TPSA) is 26.3 Å². The van der Waals surface area contributed by atoms with Crippen LogP contribution in [0.15, 0.2) is 18.2 Å². The molecule has 0 saturated heterocycles. The van der Waals surface area contributed by atoms with Crippen molar-refractivity contribution in [2.24, 2.45) is 5.92 Å². The van der Waals surface area contributed by atoms with E-state index in [1.807, 2.05) is 45.9 Å². The highest BCUT2D eigenvalue weighted by molar-refractivity contribution is 6.00. The highest BCUT2D eigenvalue weighted by atomic mass is 16.5. The summed E-state index contributed by atoms with van der Waals surface area (Å²) < 4.78 is 5.26. The Kier molecular flexibility index (Phi) is 4.25. The van der Waals surface area contributed by atoms with Crippen LogP contribution in [0.1, 0.15) is 35.3 Å². The van der Waals surface area contributed by atoms with E-state index in [0.29, 0.717) is 0 Å². The Morgan fingerprint density at radius 2 is 1.88 bits per heavy atom. The zero-order chi connectivity index (χ0) is 12.3. The number of aryl methyl sites for hydroxylation is 2. The van der Waals surface area contributed by atoms with Crippen molar-refractivity contribution >= 4 is 5.78 Å². The largest absolute Gasteiger partial charge is 0.373 e. The molecule has 0 aromatic heterocycles. The van der Waals surface area contributed by atoms with Gasteiger partial charge in [-0.05, 0) is 25.3 Å². The molecule has 0 heterocycles. The molecule has 0 spiro atoms. The van der Waals surface area contributed by atoms with E-state index in [-0.39, 0.29) is 17.8 Å². The van der Waals surface area contributed by atoms with E-state index >= 15 is 0 Å². The number of rotatable bonds is 4. The number of carbonyl (C=O) groups excluding carboxylic acids is 1. The number of hydrogen-bond acceptors (Lipinski definition) is 2. The predicted octanol–water partition coefficient (Wildman–Crippen LogP) is 3.16. The second kappa shape index (κ2) is 5.26. The summed E-state index contributed by atoms with van der Waals surface area (Å²) in [5.41, 5.74) is 2.96. The van der Waals surface area contributed by atoms with Crippen LogP contribution in [-0.4, -0.2) is 19.0 Å². The van der Waals surface area contributed by atoms with Gasteiger partial charge in [0, 0.05) is 12.7 Å². The van der Waals surface area contributed by atoms with Crippen LogP contribution in [-0.2, 0) is 4.74 Å². The molecule has 88 valence electrons. The molecule has 1 unspecified atom stereocenters. The summed E-state index contributed by atoms with van der Waals surface area (Å²) in [5.74, 6) is 0.271. The van der Waals surface area contributed by atoms with Crippen LogP contribution in [0, 0.1) is 19.8 Å². The molecule has 16 heavy (non-hydrogen) atoms. The summed E-state index contributed by atoms with van der Waals surface area (Å²) >= 11 is 0. The number of benzene rings is 1. The van der Waals surface area contributed by atoms with E-state index in [9.17, 15) is 4.79 Å². The molecule has 2 heteroatoms. The van der Waals surface area contributed by atoms with Crippen molar-refractivity contribution < 1.29 is 9.53 Å². The van der Waals surface area contributed by atoms with E-state index in [4.69, 9.17) is 4.74 Å². The highest BCUT2D eigenvalue weighted by Gasteiger charge is 2.23. The Hall–Kier alpha value is -1.15. The average Bonchev–Trinajstić information content (AvgIpc) is 2.17. The minimum atomic E-state index is -0.346. The van der Waals surface area contributed by atoms with Crippen molar-refractivity contribution in [1.82, 2.24) is 0 Å². The van der Waals surface area contributed by atoms with Crippen molar-refractivity contribution in [3.63, 3.8) is 0 Å². The van der Waals surface area contributed by atoms with Gasteiger partial charge in [0.1, 0.15) is 6.10 Å². The van der Waals surface area contributed by atoms with Crippen LogP contribution in [0.4, 0.5) is 0 Å². The fourth-order valence-corrected chi connectivity index (χ4v) is 1.93. The van der Waals surface area contributed by atoms with Crippen molar-refractivity contribution in [3.8, 4) is 0 Å². The summed E-state index contributed by atoms with van der Waals surface area (Å²) in [6.45, 7) is 7.98. The molecule has 1 aromatic rings. The maximum atomic E-state index is 12.2. The number of ketones is 1. The van der Waals surface area contributed by atoms with E-state index in [0.717, 1.165) is 11.1 Å². The van der Waals surface area contributed by atoms with E-state index < -0.39 is 0 Å². The Labute approximate surface area is 97.6 Å². The zero-order valence-electron chi connectivity index (χ0n) is 10.7. The molecule has 0 N–H and O–H groups in total. The minimum absolute atomic E-state index is 0.0787. The fraction of sp³-hybridized carbons (Fsp3) is 0.500. The third kappa shape index (κ3) is 2.70. The van der Waals surface area contributed by atoms with Gasteiger partial charge in [0.05, 0.1) is 0 Å². The normalized spacial score (nSPS) is 12.9. The lowest BCUT2D eigenvalue weighted by Gasteiger charge is -2.19. The van der Waals surface area contributed by atoms with Crippen LogP contribution in [0.5, 0.6) is 0 Å². The first kappa shape index (κ1) is 12.9. The first-order valence-corrected chi connectivity index (χ1v) is 5.61. The van der Waals surface area contributed by atoms with Gasteiger partial charge in [0.15, 0.2) is 5.78 Å². The summed E-state index contributed by atoms with van der Waals surface area (Å²) in [6.07, 6.45) is -0.346. The molecule has 0 bridgehead atoms. The molecule has 0 amide bonds. The SMILES string of the molecule is COC(C(=O)c1ccc(C)cc1C)C(C)C. The van der Waals surface area contributed by atoms with Crippen LogP contribution >= 0.6 is 0 Å². The van der Waals surface area contributed by atoms with E-state index in [2.05, 4.69) is 0 Å². The molecule has 0 radical (unpaired) electrons. The Morgan fingerprint density at radius 3 is 2.31 bits per heavy atom. The predicted molar refractivity (Wildman–Crippen MR) is 65.9 cm³/mol. The van der Waals surface area contributed by atoms with Crippen molar-refractivity contribution in [2.45, 2.75) is 33.8 Å². The highest BCUT2D eigenvalue weighted by Crippen LogP contribution is 2.17. The van der Waals surface area contributed by atoms with Crippen molar-refractivity contribution in [1.29, 1.82) is 0 Å². The van der Waals surface area contributed by atoms with Gasteiger partial charge in [-0.15, -0.1) is 0 Å². The van der Waals surface area contributed by atoms with Crippen LogP contribution < -0.4 is 0 Å². The Morgan fingerprint density at radius 1 is 1.25 bits per heavy atom. The monoisotopic (exact) mass is 220 g/mol. The summed E-state index contributed by atoms with van der Waals surface area (Å²) in [5, 5.41) is 0. The molecule has 2 nitrogen and oxygen atoms in total. The van der Waals surface area contributed by atoms with Gasteiger partial charge in [-0.25, -0.2) is 0 Å². The number of carbonyl (C=O) groups is 1. The molecular formula is C14H20O2. The first-order valence-electron chi connectivity index (χ1n) is 5.61. The molecule has 0 saturated carbocycles. The standard InChI is InChI=1S/C14H20O2/c1-9(2)14(16-5)13(15)12-7-6-10(3)8-11(12)4/h6-9,14H,1-5H3. The molecule has 1 rings (SSSR count). The number of methoxy groups -OCH3 is 1. The minimum Gasteiger partial charge on any atom is -0.373 e. The van der Waals surface area contributed by atoms with Gasteiger partial charge in [-0.3, -0.25) is 4.79 Å². The fourth-order valence-electron chi connectivity index (χ4n) is 1.93. The lowest BCUT2D eigenvalue weighted by molar-refractivity contribution is 0.0458. The lowest BCUT2D eigenvalue weighted by atomic mass is 9.94. The second-order valence-corrected chi connectivity index (χ2v) is 4.58. The first-order chi connectivity index (χ1) is 7.47. The van der Waals surface area contributed by atoms with Crippen molar-refractivity contribution in [3.05, 3.63) is 34.9 Å².